The average Bonchev–Trinajstić information content (AvgIpc) is 2.81. The maximum atomic E-state index is 12.3. The Morgan fingerprint density at radius 3 is 2.37 bits per heavy atom. The van der Waals surface area contributed by atoms with E-state index in [1.54, 1.807) is 21.6 Å². The van der Waals surface area contributed by atoms with Gasteiger partial charge in [-0.1, -0.05) is 63.1 Å². The van der Waals surface area contributed by atoms with Gasteiger partial charge in [-0.2, -0.15) is 0 Å². The number of carbonyl (C=O) groups excluding carboxylic acids is 2. The fourth-order valence-electron chi connectivity index (χ4n) is 2.87. The fraction of sp³-hybridized carbons (Fsp3) is 0.643. The van der Waals surface area contributed by atoms with E-state index in [9.17, 15) is 9.59 Å². The minimum Gasteiger partial charge on any atom is -0.371 e. The van der Waals surface area contributed by atoms with Crippen LogP contribution in [0.15, 0.2) is 29.2 Å². The van der Waals surface area contributed by atoms with Crippen LogP contribution < -0.4 is 5.32 Å². The van der Waals surface area contributed by atoms with Crippen LogP contribution >= 0.6 is 21.6 Å². The maximum Gasteiger partial charge on any atom is 0.251 e. The number of ether oxygens (including phenoxy) is 2. The first-order valence-corrected chi connectivity index (χ1v) is 14.8. The van der Waals surface area contributed by atoms with Gasteiger partial charge in [-0.15, -0.1) is 11.8 Å². The average molecular weight is 522 g/mol. The standard InChI is InChI=1S/C28H43NO4S2/c1-21(2)10-7-8-12-25(30)20-32-18-19-33-28(23(5)6)35-34-26-15-13-24(14-16-26)27(31)29-17-9-11-22(3)4/h13-16,21-23,28H,8-9,11-12,17-20H2,1-6H3,(H,29,31). The predicted molar refractivity (Wildman–Crippen MR) is 149 cm³/mol. The second-order valence-electron chi connectivity index (χ2n) is 9.55. The largest absolute Gasteiger partial charge is 0.371 e. The van der Waals surface area contributed by atoms with E-state index < -0.39 is 0 Å². The summed E-state index contributed by atoms with van der Waals surface area (Å²) in [5.41, 5.74) is 0.675. The third-order valence-corrected chi connectivity index (χ3v) is 7.70. The van der Waals surface area contributed by atoms with E-state index in [1.807, 2.05) is 38.1 Å². The quantitative estimate of drug-likeness (QED) is 0.108. The molecule has 0 radical (unpaired) electrons. The highest BCUT2D eigenvalue weighted by molar-refractivity contribution is 8.76. The Bertz CT molecular complexity index is 797. The third-order valence-electron chi connectivity index (χ3n) is 4.84. The Kier molecular flexibility index (Phi) is 16.9. The van der Waals surface area contributed by atoms with Crippen LogP contribution in [0, 0.1) is 29.6 Å². The van der Waals surface area contributed by atoms with Gasteiger partial charge in [0, 0.05) is 35.8 Å². The van der Waals surface area contributed by atoms with Crippen molar-refractivity contribution in [2.75, 3.05) is 26.4 Å². The zero-order valence-electron chi connectivity index (χ0n) is 22.2. The number of benzene rings is 1. The second-order valence-corrected chi connectivity index (χ2v) is 11.9. The lowest BCUT2D eigenvalue weighted by atomic mass is 10.1. The SMILES string of the molecule is CC(C)C#CCCC(=O)COCCOC(SSc1ccc(C(=O)NCCCC(C)C)cc1)C(C)C. The molecule has 196 valence electrons. The second kappa shape index (κ2) is 18.8. The minimum absolute atomic E-state index is 0.00505. The Morgan fingerprint density at radius 2 is 1.74 bits per heavy atom. The molecule has 0 aliphatic rings. The van der Waals surface area contributed by atoms with Crippen LogP contribution in [-0.4, -0.2) is 43.5 Å². The van der Waals surface area contributed by atoms with E-state index in [1.165, 1.54) is 0 Å². The van der Waals surface area contributed by atoms with E-state index in [2.05, 4.69) is 44.9 Å². The topological polar surface area (TPSA) is 64.6 Å². The van der Waals surface area contributed by atoms with Gasteiger partial charge >= 0.3 is 0 Å². The van der Waals surface area contributed by atoms with Gasteiger partial charge in [0.15, 0.2) is 5.78 Å². The molecule has 1 N–H and O–H groups in total. The highest BCUT2D eigenvalue weighted by Crippen LogP contribution is 2.37. The number of hydrogen-bond donors (Lipinski definition) is 1. The summed E-state index contributed by atoms with van der Waals surface area (Å²) in [6.07, 6.45) is 3.13. The Hall–Kier alpha value is -1.46. The Morgan fingerprint density at radius 1 is 1.03 bits per heavy atom. The van der Waals surface area contributed by atoms with Crippen molar-refractivity contribution < 1.29 is 19.1 Å². The highest BCUT2D eigenvalue weighted by Gasteiger charge is 2.16. The monoisotopic (exact) mass is 521 g/mol. The van der Waals surface area contributed by atoms with Crippen molar-refractivity contribution in [1.82, 2.24) is 5.32 Å². The van der Waals surface area contributed by atoms with Crippen molar-refractivity contribution in [1.29, 1.82) is 0 Å². The molecule has 1 rings (SSSR count). The molecule has 0 saturated carbocycles. The van der Waals surface area contributed by atoms with E-state index in [4.69, 9.17) is 9.47 Å². The summed E-state index contributed by atoms with van der Waals surface area (Å²) in [7, 11) is 3.29. The number of Topliss-reactive ketones (excluding diaryl/α,β-unsaturated/α-hetero) is 1. The molecule has 0 spiro atoms. The third kappa shape index (κ3) is 16.0. The van der Waals surface area contributed by atoms with Gasteiger partial charge in [-0.3, -0.25) is 9.59 Å². The molecule has 0 aliphatic carbocycles. The molecule has 1 aromatic rings. The molecule has 0 fully saturated rings. The lowest BCUT2D eigenvalue weighted by Crippen LogP contribution is -2.24. The lowest BCUT2D eigenvalue weighted by molar-refractivity contribution is -0.124. The van der Waals surface area contributed by atoms with Gasteiger partial charge in [-0.25, -0.2) is 0 Å². The number of rotatable bonds is 17. The van der Waals surface area contributed by atoms with Crippen molar-refractivity contribution >= 4 is 33.3 Å². The van der Waals surface area contributed by atoms with Crippen LogP contribution in [-0.2, 0) is 14.3 Å². The van der Waals surface area contributed by atoms with Gasteiger partial charge in [0.05, 0.1) is 13.2 Å². The smallest absolute Gasteiger partial charge is 0.251 e. The van der Waals surface area contributed by atoms with Crippen molar-refractivity contribution in [2.24, 2.45) is 17.8 Å². The zero-order valence-corrected chi connectivity index (χ0v) is 23.9. The number of ketones is 1. The highest BCUT2D eigenvalue weighted by atomic mass is 33.1. The van der Waals surface area contributed by atoms with Gasteiger partial charge < -0.3 is 14.8 Å². The van der Waals surface area contributed by atoms with Crippen molar-refractivity contribution in [3.8, 4) is 11.8 Å². The molecule has 1 amide bonds. The Labute approximate surface area is 220 Å². The lowest BCUT2D eigenvalue weighted by Gasteiger charge is -2.20. The maximum absolute atomic E-state index is 12.3. The number of nitrogens with one attached hydrogen (secondary N) is 1. The first-order chi connectivity index (χ1) is 16.7. The molecule has 0 aromatic heterocycles. The molecule has 1 atom stereocenters. The fourth-order valence-corrected chi connectivity index (χ4v) is 5.48. The van der Waals surface area contributed by atoms with Crippen molar-refractivity contribution in [3.05, 3.63) is 29.8 Å². The number of carbonyl (C=O) groups is 2. The summed E-state index contributed by atoms with van der Waals surface area (Å²) in [6.45, 7) is 14.3. The molecule has 0 aliphatic heterocycles. The van der Waals surface area contributed by atoms with Gasteiger partial charge in [0.1, 0.15) is 12.0 Å². The predicted octanol–water partition coefficient (Wildman–Crippen LogP) is 6.62. The molecule has 35 heavy (non-hydrogen) atoms. The van der Waals surface area contributed by atoms with E-state index in [0.717, 1.165) is 17.7 Å². The normalized spacial score (nSPS) is 12.0. The van der Waals surface area contributed by atoms with Crippen LogP contribution in [0.1, 0.15) is 77.6 Å². The summed E-state index contributed by atoms with van der Waals surface area (Å²) in [5.74, 6) is 7.43. The molecule has 7 heteroatoms. The van der Waals surface area contributed by atoms with E-state index >= 15 is 0 Å². The molecule has 1 aromatic carbocycles. The van der Waals surface area contributed by atoms with Gasteiger partial charge in [0.2, 0.25) is 0 Å². The van der Waals surface area contributed by atoms with Crippen LogP contribution in [0.25, 0.3) is 0 Å². The zero-order chi connectivity index (χ0) is 26.1. The minimum atomic E-state index is -0.0247. The summed E-state index contributed by atoms with van der Waals surface area (Å²) >= 11 is 0. The molecule has 1 unspecified atom stereocenters. The van der Waals surface area contributed by atoms with Crippen LogP contribution in [0.3, 0.4) is 0 Å². The molecular weight excluding hydrogens is 478 g/mol. The number of hydrogen-bond acceptors (Lipinski definition) is 6. The summed E-state index contributed by atoms with van der Waals surface area (Å²) in [6, 6.07) is 7.67. The van der Waals surface area contributed by atoms with E-state index in [-0.39, 0.29) is 23.7 Å². The van der Waals surface area contributed by atoms with Crippen LogP contribution in [0.4, 0.5) is 0 Å². The van der Waals surface area contributed by atoms with E-state index in [0.29, 0.717) is 55.9 Å². The molecule has 0 heterocycles. The first kappa shape index (κ1) is 31.6. The van der Waals surface area contributed by atoms with Crippen LogP contribution in [0.5, 0.6) is 0 Å². The molecule has 0 bridgehead atoms. The first-order valence-electron chi connectivity index (χ1n) is 12.6. The van der Waals surface area contributed by atoms with Gasteiger partial charge in [-0.05, 0) is 48.9 Å². The summed E-state index contributed by atoms with van der Waals surface area (Å²) in [5, 5.41) is 2.99. The number of amides is 1. The summed E-state index contributed by atoms with van der Waals surface area (Å²) in [4.78, 5) is 25.2. The Balaban J connectivity index is 2.30. The summed E-state index contributed by atoms with van der Waals surface area (Å²) < 4.78 is 11.5. The molecule has 0 saturated heterocycles. The van der Waals surface area contributed by atoms with Gasteiger partial charge in [0.25, 0.3) is 5.91 Å². The molecular formula is C28H43NO4S2. The van der Waals surface area contributed by atoms with Crippen LogP contribution in [0.2, 0.25) is 0 Å². The van der Waals surface area contributed by atoms with Crippen molar-refractivity contribution in [3.63, 3.8) is 0 Å². The van der Waals surface area contributed by atoms with Crippen molar-refractivity contribution in [2.45, 2.75) is 77.6 Å². The molecule has 5 nitrogen and oxygen atoms in total.